The predicted octanol–water partition coefficient (Wildman–Crippen LogP) is 1.53. The third-order valence-corrected chi connectivity index (χ3v) is 3.04. The summed E-state index contributed by atoms with van der Waals surface area (Å²) in [7, 11) is 0. The van der Waals surface area contributed by atoms with Crippen LogP contribution in [0.4, 0.5) is 4.79 Å². The van der Waals surface area contributed by atoms with Crippen molar-refractivity contribution in [1.82, 2.24) is 10.4 Å². The molecule has 0 aromatic carbocycles. The van der Waals surface area contributed by atoms with E-state index in [1.165, 1.54) is 0 Å². The maximum absolute atomic E-state index is 12.0. The monoisotopic (exact) mass is 258 g/mol. The normalized spacial score (nSPS) is 24.6. The van der Waals surface area contributed by atoms with Crippen LogP contribution in [0.15, 0.2) is 0 Å². The van der Waals surface area contributed by atoms with Gasteiger partial charge in [0.05, 0.1) is 6.54 Å². The number of hydrogen-bond donors (Lipinski definition) is 2. The smallest absolute Gasteiger partial charge is 0.408 e. The molecule has 1 aliphatic heterocycles. The molecule has 0 radical (unpaired) electrons. The maximum atomic E-state index is 12.0. The molecule has 1 saturated heterocycles. The van der Waals surface area contributed by atoms with Crippen molar-refractivity contribution in [3.63, 3.8) is 0 Å². The van der Waals surface area contributed by atoms with E-state index >= 15 is 0 Å². The van der Waals surface area contributed by atoms with Gasteiger partial charge in [-0.1, -0.05) is 13.8 Å². The van der Waals surface area contributed by atoms with E-state index in [4.69, 9.17) is 4.74 Å². The number of nitrogens with one attached hydrogen (secondary N) is 1. The van der Waals surface area contributed by atoms with Crippen LogP contribution in [0.2, 0.25) is 0 Å². The zero-order valence-electron chi connectivity index (χ0n) is 11.6. The fraction of sp³-hybridized carbons (Fsp3) is 0.833. The van der Waals surface area contributed by atoms with Gasteiger partial charge in [0, 0.05) is 6.42 Å². The Balaban J connectivity index is 2.83. The van der Waals surface area contributed by atoms with Gasteiger partial charge in [-0.25, -0.2) is 9.86 Å². The molecule has 104 valence electrons. The summed E-state index contributed by atoms with van der Waals surface area (Å²) < 4.78 is 5.16. The predicted molar refractivity (Wildman–Crippen MR) is 65.1 cm³/mol. The highest BCUT2D eigenvalue weighted by Gasteiger charge is 2.50. The molecule has 0 saturated carbocycles. The van der Waals surface area contributed by atoms with Crippen LogP contribution in [0.25, 0.3) is 0 Å². The number of carbonyl (C=O) groups is 2. The number of hydrogen-bond acceptors (Lipinski definition) is 4. The topological polar surface area (TPSA) is 78.9 Å². The molecule has 1 aliphatic rings. The first kappa shape index (κ1) is 14.8. The summed E-state index contributed by atoms with van der Waals surface area (Å²) in [5.74, 6) is -0.613. The fourth-order valence-electron chi connectivity index (χ4n) is 2.00. The Bertz CT molecular complexity index is 348. The lowest BCUT2D eigenvalue weighted by Crippen LogP contribution is -2.58. The molecule has 6 nitrogen and oxygen atoms in total. The van der Waals surface area contributed by atoms with Gasteiger partial charge < -0.3 is 10.1 Å². The van der Waals surface area contributed by atoms with Gasteiger partial charge in [0.2, 0.25) is 0 Å². The van der Waals surface area contributed by atoms with Crippen molar-refractivity contribution in [2.45, 2.75) is 52.2 Å². The van der Waals surface area contributed by atoms with E-state index in [2.05, 4.69) is 5.32 Å². The number of ether oxygens (including phenoxy) is 1. The third kappa shape index (κ3) is 2.93. The van der Waals surface area contributed by atoms with Crippen LogP contribution < -0.4 is 5.32 Å². The van der Waals surface area contributed by atoms with E-state index in [1.807, 2.05) is 13.8 Å². The Morgan fingerprint density at radius 2 is 2.06 bits per heavy atom. The summed E-state index contributed by atoms with van der Waals surface area (Å²) in [6.45, 7) is 9.13. The SMILES string of the molecule is CC(C)[C@]1(NC(=O)OC(C)(C)C)CCN(O)C1=O. The van der Waals surface area contributed by atoms with Gasteiger partial charge >= 0.3 is 6.09 Å². The molecule has 0 unspecified atom stereocenters. The van der Waals surface area contributed by atoms with E-state index < -0.39 is 23.1 Å². The highest BCUT2D eigenvalue weighted by molar-refractivity contribution is 5.91. The third-order valence-electron chi connectivity index (χ3n) is 3.04. The van der Waals surface area contributed by atoms with Crippen molar-refractivity contribution in [1.29, 1.82) is 0 Å². The van der Waals surface area contributed by atoms with Crippen molar-refractivity contribution < 1.29 is 19.5 Å². The molecule has 1 fully saturated rings. The average molecular weight is 258 g/mol. The molecule has 18 heavy (non-hydrogen) atoms. The number of alkyl carbamates (subject to hydrolysis) is 1. The van der Waals surface area contributed by atoms with Crippen LogP contribution in [0.1, 0.15) is 41.0 Å². The Morgan fingerprint density at radius 3 is 2.39 bits per heavy atom. The Hall–Kier alpha value is -1.30. The van der Waals surface area contributed by atoms with Gasteiger partial charge in [-0.15, -0.1) is 0 Å². The van der Waals surface area contributed by atoms with Gasteiger partial charge in [0.15, 0.2) is 0 Å². The van der Waals surface area contributed by atoms with Crippen molar-refractivity contribution in [3.05, 3.63) is 0 Å². The quantitative estimate of drug-likeness (QED) is 0.736. The average Bonchev–Trinajstić information content (AvgIpc) is 2.44. The molecule has 2 N–H and O–H groups in total. The van der Waals surface area contributed by atoms with Crippen molar-refractivity contribution >= 4 is 12.0 Å². The lowest BCUT2D eigenvalue weighted by molar-refractivity contribution is -0.162. The number of nitrogens with zero attached hydrogens (tertiary/aromatic N) is 1. The zero-order chi connectivity index (χ0) is 14.1. The molecular formula is C12H22N2O4. The van der Waals surface area contributed by atoms with Crippen LogP contribution in [-0.2, 0) is 9.53 Å². The van der Waals surface area contributed by atoms with Crippen LogP contribution in [-0.4, -0.2) is 40.0 Å². The van der Waals surface area contributed by atoms with Gasteiger partial charge in [-0.3, -0.25) is 10.0 Å². The number of carbonyl (C=O) groups excluding carboxylic acids is 2. The van der Waals surface area contributed by atoms with Gasteiger partial charge in [-0.2, -0.15) is 0 Å². The highest BCUT2D eigenvalue weighted by atomic mass is 16.6. The minimum atomic E-state index is -1.07. The minimum Gasteiger partial charge on any atom is -0.444 e. The fourth-order valence-corrected chi connectivity index (χ4v) is 2.00. The molecule has 1 atom stereocenters. The van der Waals surface area contributed by atoms with Crippen molar-refractivity contribution in [3.8, 4) is 0 Å². The Labute approximate surface area is 107 Å². The van der Waals surface area contributed by atoms with Crippen LogP contribution in [0.3, 0.4) is 0 Å². The lowest BCUT2D eigenvalue weighted by Gasteiger charge is -2.32. The van der Waals surface area contributed by atoms with Crippen LogP contribution >= 0.6 is 0 Å². The molecule has 0 spiro atoms. The van der Waals surface area contributed by atoms with E-state index in [0.717, 1.165) is 0 Å². The number of amides is 2. The first-order valence-corrected chi connectivity index (χ1v) is 6.10. The largest absolute Gasteiger partial charge is 0.444 e. The first-order chi connectivity index (χ1) is 8.08. The molecule has 0 aliphatic carbocycles. The highest BCUT2D eigenvalue weighted by Crippen LogP contribution is 2.29. The first-order valence-electron chi connectivity index (χ1n) is 6.10. The molecule has 2 amide bonds. The maximum Gasteiger partial charge on any atom is 0.408 e. The molecule has 0 aromatic heterocycles. The Kier molecular flexibility index (Phi) is 3.90. The van der Waals surface area contributed by atoms with Gasteiger partial charge in [-0.05, 0) is 26.7 Å². The van der Waals surface area contributed by atoms with E-state index in [1.54, 1.807) is 20.8 Å². The van der Waals surface area contributed by atoms with Gasteiger partial charge in [0.25, 0.3) is 5.91 Å². The molecule has 0 aromatic rings. The van der Waals surface area contributed by atoms with Crippen molar-refractivity contribution in [2.24, 2.45) is 5.92 Å². The second-order valence-electron chi connectivity index (χ2n) is 5.93. The van der Waals surface area contributed by atoms with E-state index in [0.29, 0.717) is 11.5 Å². The summed E-state index contributed by atoms with van der Waals surface area (Å²) in [6.07, 6.45) is -0.265. The second-order valence-corrected chi connectivity index (χ2v) is 5.93. The second kappa shape index (κ2) is 4.76. The molecular weight excluding hydrogens is 236 g/mol. The van der Waals surface area contributed by atoms with Crippen LogP contribution in [0, 0.1) is 5.92 Å². The molecule has 6 heteroatoms. The summed E-state index contributed by atoms with van der Waals surface area (Å²) in [4.78, 5) is 23.8. The standard InChI is InChI=1S/C12H22N2O4/c1-8(2)12(6-7-14(17)9(12)15)13-10(16)18-11(3,4)5/h8,17H,6-7H2,1-5H3,(H,13,16)/t12-/m1/s1. The summed E-state index contributed by atoms with van der Waals surface area (Å²) >= 11 is 0. The van der Waals surface area contributed by atoms with E-state index in [9.17, 15) is 14.8 Å². The summed E-state index contributed by atoms with van der Waals surface area (Å²) in [5.41, 5.74) is -1.69. The summed E-state index contributed by atoms with van der Waals surface area (Å²) in [6, 6.07) is 0. The van der Waals surface area contributed by atoms with Crippen molar-refractivity contribution in [2.75, 3.05) is 6.54 Å². The molecule has 1 heterocycles. The Morgan fingerprint density at radius 1 is 1.50 bits per heavy atom. The molecule has 0 bridgehead atoms. The van der Waals surface area contributed by atoms with Crippen LogP contribution in [0.5, 0.6) is 0 Å². The van der Waals surface area contributed by atoms with Gasteiger partial charge in [0.1, 0.15) is 11.1 Å². The minimum absolute atomic E-state index is 0.130. The lowest BCUT2D eigenvalue weighted by atomic mass is 9.85. The van der Waals surface area contributed by atoms with E-state index in [-0.39, 0.29) is 12.5 Å². The number of rotatable bonds is 2. The number of hydroxylamine groups is 2. The zero-order valence-corrected chi connectivity index (χ0v) is 11.6. The summed E-state index contributed by atoms with van der Waals surface area (Å²) in [5, 5.41) is 12.7. The molecule has 1 rings (SSSR count).